The van der Waals surface area contributed by atoms with E-state index in [1.807, 2.05) is 0 Å². The van der Waals surface area contributed by atoms with Crippen LogP contribution >= 0.6 is 0 Å². The van der Waals surface area contributed by atoms with Gasteiger partial charge in [-0.05, 0) is 120 Å². The normalized spacial score (nSPS) is 13.6. The highest BCUT2D eigenvalue weighted by Crippen LogP contribution is 2.55. The molecule has 0 nitrogen and oxygen atoms in total. The summed E-state index contributed by atoms with van der Waals surface area (Å²) < 4.78 is 0. The Balaban J connectivity index is 1.71. The van der Waals surface area contributed by atoms with Gasteiger partial charge in [0.15, 0.2) is 0 Å². The van der Waals surface area contributed by atoms with Gasteiger partial charge in [-0.1, -0.05) is 84.9 Å². The van der Waals surface area contributed by atoms with Gasteiger partial charge < -0.3 is 0 Å². The molecule has 0 atom stereocenters. The zero-order chi connectivity index (χ0) is 22.9. The third-order valence-corrected chi connectivity index (χ3v) is 9.33. The molecule has 36 heavy (non-hydrogen) atoms. The summed E-state index contributed by atoms with van der Waals surface area (Å²) in [5.41, 5.74) is 0. The van der Waals surface area contributed by atoms with Crippen LogP contribution in [-0.2, 0) is 0 Å². The summed E-state index contributed by atoms with van der Waals surface area (Å²) in [6, 6.07) is 37.3. The van der Waals surface area contributed by atoms with E-state index in [0.717, 1.165) is 0 Å². The molecular formula is C36H16. The lowest BCUT2D eigenvalue weighted by Gasteiger charge is -2.25. The van der Waals surface area contributed by atoms with E-state index in [0.29, 0.717) is 0 Å². The van der Waals surface area contributed by atoms with E-state index in [9.17, 15) is 0 Å². The van der Waals surface area contributed by atoms with E-state index in [1.165, 1.54) is 108 Å². The Bertz CT molecular complexity index is 2670. The summed E-state index contributed by atoms with van der Waals surface area (Å²) in [6.45, 7) is 0. The molecule has 11 rings (SSSR count). The molecule has 0 saturated heterocycles. The van der Waals surface area contributed by atoms with Gasteiger partial charge in [-0.25, -0.2) is 0 Å². The molecule has 0 aromatic heterocycles. The number of benzene rings is 11. The highest BCUT2D eigenvalue weighted by molar-refractivity contribution is 6.54. The lowest BCUT2D eigenvalue weighted by molar-refractivity contribution is 1.81. The molecular weight excluding hydrogens is 432 g/mol. The molecule has 0 aliphatic heterocycles. The van der Waals surface area contributed by atoms with Gasteiger partial charge in [-0.2, -0.15) is 0 Å². The minimum absolute atomic E-state index is 1.34. The predicted molar refractivity (Wildman–Crippen MR) is 157 cm³/mol. The Labute approximate surface area is 204 Å². The van der Waals surface area contributed by atoms with Crippen molar-refractivity contribution in [2.24, 2.45) is 0 Å². The number of hydrogen-bond donors (Lipinski definition) is 0. The second kappa shape index (κ2) is 5.12. The monoisotopic (exact) mass is 448 g/mol. The van der Waals surface area contributed by atoms with E-state index in [1.54, 1.807) is 0 Å². The molecule has 0 spiro atoms. The first-order valence-corrected chi connectivity index (χ1v) is 12.8. The molecule has 11 aromatic carbocycles. The summed E-state index contributed by atoms with van der Waals surface area (Å²) in [4.78, 5) is 0. The Morgan fingerprint density at radius 2 is 0.639 bits per heavy atom. The van der Waals surface area contributed by atoms with Gasteiger partial charge in [-0.15, -0.1) is 0 Å². The highest BCUT2D eigenvalue weighted by Gasteiger charge is 2.26. The smallest absolute Gasteiger partial charge is 0.0000925 e. The molecule has 0 aliphatic carbocycles. The van der Waals surface area contributed by atoms with E-state index < -0.39 is 0 Å². The third-order valence-electron chi connectivity index (χ3n) is 9.33. The van der Waals surface area contributed by atoms with Gasteiger partial charge in [0.1, 0.15) is 0 Å². The Morgan fingerprint density at radius 1 is 0.222 bits per heavy atom. The van der Waals surface area contributed by atoms with Gasteiger partial charge in [0.25, 0.3) is 0 Å². The first kappa shape index (κ1) is 16.9. The van der Waals surface area contributed by atoms with Crippen LogP contribution in [0.1, 0.15) is 0 Å². The molecule has 0 fully saturated rings. The molecule has 0 aliphatic rings. The van der Waals surface area contributed by atoms with E-state index in [4.69, 9.17) is 0 Å². The second-order valence-corrected chi connectivity index (χ2v) is 10.8. The predicted octanol–water partition coefficient (Wildman–Crippen LogP) is 10.4. The Hall–Kier alpha value is -4.68. The summed E-state index contributed by atoms with van der Waals surface area (Å²) in [7, 11) is 0. The zero-order valence-corrected chi connectivity index (χ0v) is 19.2. The van der Waals surface area contributed by atoms with Gasteiger partial charge in [0, 0.05) is 0 Å². The van der Waals surface area contributed by atoms with Crippen molar-refractivity contribution in [2.45, 2.75) is 0 Å². The van der Waals surface area contributed by atoms with Gasteiger partial charge in [0.2, 0.25) is 0 Å². The van der Waals surface area contributed by atoms with Crippen LogP contribution in [-0.4, -0.2) is 0 Å². The maximum atomic E-state index is 2.48. The van der Waals surface area contributed by atoms with Gasteiger partial charge in [0.05, 0.1) is 0 Å². The van der Waals surface area contributed by atoms with Crippen LogP contribution in [0.5, 0.6) is 0 Å². The van der Waals surface area contributed by atoms with Crippen molar-refractivity contribution in [1.82, 2.24) is 0 Å². The molecule has 0 unspecified atom stereocenters. The minimum Gasteiger partial charge on any atom is -0.0610 e. The summed E-state index contributed by atoms with van der Waals surface area (Å²) in [6.07, 6.45) is 0. The van der Waals surface area contributed by atoms with Crippen molar-refractivity contribution in [3.8, 4) is 0 Å². The number of hydrogen-bond acceptors (Lipinski definition) is 0. The minimum atomic E-state index is 1.34. The lowest BCUT2D eigenvalue weighted by Crippen LogP contribution is -1.97. The maximum absolute atomic E-state index is 2.48. The number of rotatable bonds is 0. The fourth-order valence-corrected chi connectivity index (χ4v) is 8.08. The fourth-order valence-electron chi connectivity index (χ4n) is 8.08. The fraction of sp³-hybridized carbons (Fsp3) is 0. The number of fused-ring (bicyclic) bond motifs is 2. The molecule has 0 heteroatoms. The van der Waals surface area contributed by atoms with Crippen LogP contribution in [0.15, 0.2) is 97.1 Å². The Kier molecular flexibility index (Phi) is 2.40. The van der Waals surface area contributed by atoms with E-state index in [-0.39, 0.29) is 0 Å². The molecule has 0 N–H and O–H groups in total. The average molecular weight is 449 g/mol. The van der Waals surface area contributed by atoms with Crippen LogP contribution in [0.3, 0.4) is 0 Å². The molecule has 0 bridgehead atoms. The molecule has 0 amide bonds. The van der Waals surface area contributed by atoms with Crippen molar-refractivity contribution in [1.29, 1.82) is 0 Å². The Morgan fingerprint density at radius 3 is 1.33 bits per heavy atom. The van der Waals surface area contributed by atoms with Crippen LogP contribution in [0, 0.1) is 0 Å². The van der Waals surface area contributed by atoms with Crippen molar-refractivity contribution in [3.63, 3.8) is 0 Å². The van der Waals surface area contributed by atoms with Crippen molar-refractivity contribution in [2.75, 3.05) is 0 Å². The average Bonchev–Trinajstić information content (AvgIpc) is 2.93. The quantitative estimate of drug-likeness (QED) is 0.160. The highest BCUT2D eigenvalue weighted by atomic mass is 14.3. The van der Waals surface area contributed by atoms with Crippen molar-refractivity contribution >= 4 is 108 Å². The van der Waals surface area contributed by atoms with Gasteiger partial charge >= 0.3 is 0 Å². The topological polar surface area (TPSA) is 0 Å². The standard InChI is InChI=1S/C36H16/c1-3-17-8-12-22-16-26-24-6-2-4-18-7-10-20-15-21-11-9-19-13-14-25-23(5-1)27(17)31(22)36-33(25)29(19)32(21)35(34(26)36)30(20)28(18)24/h1-16H. The molecule has 0 heterocycles. The van der Waals surface area contributed by atoms with Crippen LogP contribution in [0.2, 0.25) is 0 Å². The largest absolute Gasteiger partial charge is 0.0610 e. The summed E-state index contributed by atoms with van der Waals surface area (Å²) in [5, 5.41) is 28.0. The van der Waals surface area contributed by atoms with Crippen LogP contribution in [0.4, 0.5) is 0 Å². The summed E-state index contributed by atoms with van der Waals surface area (Å²) in [5.74, 6) is 0. The van der Waals surface area contributed by atoms with E-state index >= 15 is 0 Å². The lowest BCUT2D eigenvalue weighted by atomic mass is 9.77. The molecule has 0 saturated carbocycles. The van der Waals surface area contributed by atoms with Crippen molar-refractivity contribution in [3.05, 3.63) is 97.1 Å². The van der Waals surface area contributed by atoms with E-state index in [2.05, 4.69) is 97.1 Å². The first-order chi connectivity index (χ1) is 17.9. The van der Waals surface area contributed by atoms with Crippen LogP contribution < -0.4 is 0 Å². The third kappa shape index (κ3) is 1.55. The van der Waals surface area contributed by atoms with Crippen molar-refractivity contribution < 1.29 is 0 Å². The zero-order valence-electron chi connectivity index (χ0n) is 19.2. The van der Waals surface area contributed by atoms with Gasteiger partial charge in [-0.3, -0.25) is 0 Å². The molecule has 11 aromatic rings. The molecule has 0 radical (unpaired) electrons. The second-order valence-electron chi connectivity index (χ2n) is 10.8. The first-order valence-electron chi connectivity index (χ1n) is 12.8. The van der Waals surface area contributed by atoms with Crippen LogP contribution in [0.25, 0.3) is 108 Å². The molecule has 160 valence electrons. The SMILES string of the molecule is c1cc2ccc3cc4ccc5ccc6c7cccc8ccc9cc%10c(c1)c2c3c1c4c5c6c(c9c87)c%101. The summed E-state index contributed by atoms with van der Waals surface area (Å²) >= 11 is 0. The maximum Gasteiger partial charge on any atom is -0.0000925 e.